The predicted molar refractivity (Wildman–Crippen MR) is 52.3 cm³/mol. The van der Waals surface area contributed by atoms with Crippen LogP contribution < -0.4 is 10.6 Å². The van der Waals surface area contributed by atoms with E-state index in [1.54, 1.807) is 7.11 Å². The summed E-state index contributed by atoms with van der Waals surface area (Å²) in [7, 11) is 1.70. The minimum Gasteiger partial charge on any atom is -0.385 e. The highest BCUT2D eigenvalue weighted by molar-refractivity contribution is 5.81. The third-order valence-electron chi connectivity index (χ3n) is 1.90. The largest absolute Gasteiger partial charge is 0.385 e. The number of aliphatic imine (C=N–C) groups is 1. The molecule has 0 aromatic rings. The Kier molecular flexibility index (Phi) is 4.75. The third kappa shape index (κ3) is 3.60. The zero-order valence-corrected chi connectivity index (χ0v) is 8.29. The van der Waals surface area contributed by atoms with Gasteiger partial charge >= 0.3 is 0 Å². The molecule has 0 saturated heterocycles. The van der Waals surface area contributed by atoms with Crippen molar-refractivity contribution in [2.75, 3.05) is 33.6 Å². The number of nitrogens with one attached hydrogen (secondary N) is 2. The monoisotopic (exact) mass is 197 g/mol. The molecule has 0 aliphatic carbocycles. The van der Waals surface area contributed by atoms with Gasteiger partial charge in [-0.15, -0.1) is 0 Å². The summed E-state index contributed by atoms with van der Waals surface area (Å²) in [5, 5.41) is 13.8. The molecule has 6 heteroatoms. The Bertz CT molecular complexity index is 234. The predicted octanol–water partition coefficient (Wildman–Crippen LogP) is -0.730. The molecule has 0 radical (unpaired) electrons. The quantitative estimate of drug-likeness (QED) is 0.353. The van der Waals surface area contributed by atoms with Crippen molar-refractivity contribution in [2.24, 2.45) is 4.99 Å². The molecule has 1 heterocycles. The summed E-state index contributed by atoms with van der Waals surface area (Å²) in [5.74, 6) is 0.551. The SMILES string of the molecule is COCCCN1CN=C(NC#N)NC1. The molecule has 0 aromatic carbocycles. The number of ether oxygens (including phenoxy) is 1. The molecule has 1 rings (SSSR count). The average Bonchev–Trinajstić information content (AvgIpc) is 2.21. The van der Waals surface area contributed by atoms with Gasteiger partial charge in [0.15, 0.2) is 6.19 Å². The van der Waals surface area contributed by atoms with Crippen LogP contribution in [0.4, 0.5) is 0 Å². The maximum atomic E-state index is 8.35. The fourth-order valence-electron chi connectivity index (χ4n) is 1.18. The molecule has 0 fully saturated rings. The standard InChI is InChI=1S/C8H15N5O/c1-14-4-2-3-13-6-11-8(10-5-9)12-7-13/h2-4,6-7H2,1H3,(H2,10,11,12). The highest BCUT2D eigenvalue weighted by Crippen LogP contribution is 1.94. The second-order valence-electron chi connectivity index (χ2n) is 2.96. The lowest BCUT2D eigenvalue weighted by molar-refractivity contribution is 0.169. The second-order valence-corrected chi connectivity index (χ2v) is 2.96. The Labute approximate surface area is 83.5 Å². The molecule has 0 spiro atoms. The molecule has 0 atom stereocenters. The first-order valence-electron chi connectivity index (χ1n) is 4.51. The van der Waals surface area contributed by atoms with E-state index in [1.165, 1.54) is 0 Å². The van der Waals surface area contributed by atoms with Crippen LogP contribution in [0, 0.1) is 11.5 Å². The summed E-state index contributed by atoms with van der Waals surface area (Å²) in [5.41, 5.74) is 0. The van der Waals surface area contributed by atoms with Gasteiger partial charge in [0.1, 0.15) is 0 Å². The minimum atomic E-state index is 0.551. The number of guanidine groups is 1. The van der Waals surface area contributed by atoms with Crippen LogP contribution in [0.3, 0.4) is 0 Å². The minimum absolute atomic E-state index is 0.551. The van der Waals surface area contributed by atoms with Crippen LogP contribution in [0.15, 0.2) is 4.99 Å². The van der Waals surface area contributed by atoms with E-state index < -0.39 is 0 Å². The highest BCUT2D eigenvalue weighted by Gasteiger charge is 2.10. The van der Waals surface area contributed by atoms with E-state index in [4.69, 9.17) is 10.00 Å². The van der Waals surface area contributed by atoms with Gasteiger partial charge in [0.05, 0.1) is 13.3 Å². The van der Waals surface area contributed by atoms with E-state index >= 15 is 0 Å². The molecule has 14 heavy (non-hydrogen) atoms. The van der Waals surface area contributed by atoms with Crippen molar-refractivity contribution in [3.05, 3.63) is 0 Å². The van der Waals surface area contributed by atoms with Gasteiger partial charge in [0.2, 0.25) is 5.96 Å². The van der Waals surface area contributed by atoms with E-state index in [-0.39, 0.29) is 0 Å². The molecule has 2 N–H and O–H groups in total. The molecule has 1 aliphatic heterocycles. The van der Waals surface area contributed by atoms with Crippen LogP contribution in [0.2, 0.25) is 0 Å². The molecule has 0 saturated carbocycles. The van der Waals surface area contributed by atoms with Crippen molar-refractivity contribution in [3.63, 3.8) is 0 Å². The summed E-state index contributed by atoms with van der Waals surface area (Å²) < 4.78 is 4.95. The number of nitriles is 1. The van der Waals surface area contributed by atoms with Crippen molar-refractivity contribution in [2.45, 2.75) is 6.42 Å². The van der Waals surface area contributed by atoms with Gasteiger partial charge in [-0.3, -0.25) is 10.2 Å². The smallest absolute Gasteiger partial charge is 0.207 e. The maximum absolute atomic E-state index is 8.35. The van der Waals surface area contributed by atoms with Crippen molar-refractivity contribution in [3.8, 4) is 6.19 Å². The highest BCUT2D eigenvalue weighted by atomic mass is 16.5. The van der Waals surface area contributed by atoms with Gasteiger partial charge in [-0.05, 0) is 6.42 Å². The van der Waals surface area contributed by atoms with Gasteiger partial charge in [-0.2, -0.15) is 5.26 Å². The lowest BCUT2D eigenvalue weighted by Gasteiger charge is -2.25. The fourth-order valence-corrected chi connectivity index (χ4v) is 1.18. The molecule has 78 valence electrons. The number of rotatable bonds is 4. The first-order chi connectivity index (χ1) is 6.86. The third-order valence-corrected chi connectivity index (χ3v) is 1.90. The summed E-state index contributed by atoms with van der Waals surface area (Å²) in [4.78, 5) is 6.28. The molecule has 0 amide bonds. The van der Waals surface area contributed by atoms with Gasteiger partial charge < -0.3 is 10.1 Å². The summed E-state index contributed by atoms with van der Waals surface area (Å²) in [6, 6.07) is 0. The molecular weight excluding hydrogens is 182 g/mol. The normalized spacial score (nSPS) is 16.7. The zero-order chi connectivity index (χ0) is 10.2. The Balaban J connectivity index is 2.18. The number of methoxy groups -OCH3 is 1. The molecule has 0 unspecified atom stereocenters. The summed E-state index contributed by atoms with van der Waals surface area (Å²) in [6.07, 6.45) is 2.82. The van der Waals surface area contributed by atoms with Crippen molar-refractivity contribution in [1.29, 1.82) is 5.26 Å². The summed E-state index contributed by atoms with van der Waals surface area (Å²) in [6.45, 7) is 3.06. The van der Waals surface area contributed by atoms with Gasteiger partial charge in [0.25, 0.3) is 0 Å². The number of hydrogen-bond donors (Lipinski definition) is 2. The fraction of sp³-hybridized carbons (Fsp3) is 0.750. The van der Waals surface area contributed by atoms with E-state index in [1.807, 2.05) is 6.19 Å². The number of nitrogens with zero attached hydrogens (tertiary/aromatic N) is 3. The van der Waals surface area contributed by atoms with Gasteiger partial charge in [-0.1, -0.05) is 0 Å². The second kappa shape index (κ2) is 6.18. The molecule has 0 bridgehead atoms. The van der Waals surface area contributed by atoms with Crippen molar-refractivity contribution >= 4 is 5.96 Å². The first kappa shape index (κ1) is 10.8. The summed E-state index contributed by atoms with van der Waals surface area (Å²) >= 11 is 0. The molecular formula is C8H15N5O. The first-order valence-corrected chi connectivity index (χ1v) is 4.51. The topological polar surface area (TPSA) is 72.7 Å². The van der Waals surface area contributed by atoms with Crippen molar-refractivity contribution < 1.29 is 4.74 Å². The Hall–Kier alpha value is -1.32. The maximum Gasteiger partial charge on any atom is 0.207 e. The Morgan fingerprint density at radius 3 is 3.21 bits per heavy atom. The number of hydrogen-bond acceptors (Lipinski definition) is 6. The lowest BCUT2D eigenvalue weighted by atomic mass is 10.4. The Morgan fingerprint density at radius 2 is 2.64 bits per heavy atom. The zero-order valence-electron chi connectivity index (χ0n) is 8.29. The lowest BCUT2D eigenvalue weighted by Crippen LogP contribution is -2.47. The van der Waals surface area contributed by atoms with E-state index in [0.29, 0.717) is 12.6 Å². The van der Waals surface area contributed by atoms with Gasteiger partial charge in [0, 0.05) is 20.3 Å². The van der Waals surface area contributed by atoms with E-state index in [0.717, 1.165) is 26.2 Å². The Morgan fingerprint density at radius 1 is 1.79 bits per heavy atom. The van der Waals surface area contributed by atoms with E-state index in [2.05, 4.69) is 20.5 Å². The van der Waals surface area contributed by atoms with Crippen LogP contribution in [-0.2, 0) is 4.74 Å². The van der Waals surface area contributed by atoms with Crippen molar-refractivity contribution in [1.82, 2.24) is 15.5 Å². The van der Waals surface area contributed by atoms with Crippen LogP contribution in [0.1, 0.15) is 6.42 Å². The van der Waals surface area contributed by atoms with Crippen LogP contribution in [-0.4, -0.2) is 44.5 Å². The molecule has 6 nitrogen and oxygen atoms in total. The van der Waals surface area contributed by atoms with E-state index in [9.17, 15) is 0 Å². The molecule has 0 aromatic heterocycles. The molecule has 1 aliphatic rings. The van der Waals surface area contributed by atoms with Crippen LogP contribution in [0.5, 0.6) is 0 Å². The van der Waals surface area contributed by atoms with Crippen LogP contribution >= 0.6 is 0 Å². The van der Waals surface area contributed by atoms with Crippen LogP contribution in [0.25, 0.3) is 0 Å². The average molecular weight is 197 g/mol. The van der Waals surface area contributed by atoms with Gasteiger partial charge in [-0.25, -0.2) is 4.99 Å².